The van der Waals surface area contributed by atoms with Crippen molar-refractivity contribution < 1.29 is 24.2 Å². The first-order valence-corrected chi connectivity index (χ1v) is 10.3. The summed E-state index contributed by atoms with van der Waals surface area (Å²) in [5.74, 6) is -2.61. The number of rotatable bonds is 6. The normalized spacial score (nSPS) is 21.5. The Morgan fingerprint density at radius 1 is 1.12 bits per heavy atom. The highest BCUT2D eigenvalue weighted by Gasteiger charge is 2.66. The van der Waals surface area contributed by atoms with Gasteiger partial charge < -0.3 is 19.6 Å². The van der Waals surface area contributed by atoms with Crippen LogP contribution >= 0.6 is 0 Å². The quantitative estimate of drug-likeness (QED) is 0.328. The molecular weight excluding hydrogens is 408 g/mol. The fourth-order valence-electron chi connectivity index (χ4n) is 4.52. The standard InChI is InChI=1S/C25H24N2O5/c1-4-13-26-19-8-6-5-7-18(19)25(24(26)31)20(21(28)17-11-9-16(2)10-12-17)22(29)23(30)27(25)14-15-32-3/h4-12,28H,1,13-15H2,2-3H3/b21-20+. The van der Waals surface area contributed by atoms with Crippen molar-refractivity contribution in [3.8, 4) is 0 Å². The molecule has 7 heteroatoms. The maximum absolute atomic E-state index is 14.0. The summed E-state index contributed by atoms with van der Waals surface area (Å²) in [5, 5.41) is 11.3. The number of nitrogens with zero attached hydrogens (tertiary/aromatic N) is 2. The molecule has 0 radical (unpaired) electrons. The number of aliphatic hydroxyl groups is 1. The molecule has 0 aliphatic carbocycles. The zero-order valence-corrected chi connectivity index (χ0v) is 18.0. The largest absolute Gasteiger partial charge is 0.507 e. The number of amides is 2. The number of anilines is 1. The van der Waals surface area contributed by atoms with Crippen LogP contribution in [0.15, 0.2) is 66.8 Å². The Hall–Kier alpha value is -3.71. The van der Waals surface area contributed by atoms with Gasteiger partial charge in [0.05, 0.1) is 17.9 Å². The molecule has 1 saturated heterocycles. The minimum atomic E-state index is -1.78. The summed E-state index contributed by atoms with van der Waals surface area (Å²) in [5.41, 5.74) is 0.351. The molecule has 1 unspecified atom stereocenters. The van der Waals surface area contributed by atoms with Gasteiger partial charge in [0.1, 0.15) is 5.76 Å². The van der Waals surface area contributed by atoms with Gasteiger partial charge in [0.25, 0.3) is 17.6 Å². The van der Waals surface area contributed by atoms with Crippen molar-refractivity contribution in [1.82, 2.24) is 4.90 Å². The molecule has 164 valence electrons. The monoisotopic (exact) mass is 432 g/mol. The fourth-order valence-corrected chi connectivity index (χ4v) is 4.52. The number of benzene rings is 2. The fraction of sp³-hybridized carbons (Fsp3) is 0.240. The maximum Gasteiger partial charge on any atom is 0.296 e. The summed E-state index contributed by atoms with van der Waals surface area (Å²) in [4.78, 5) is 43.2. The summed E-state index contributed by atoms with van der Waals surface area (Å²) < 4.78 is 5.16. The SMILES string of the molecule is C=CCN1C(=O)C2(/C(=C(/O)c3ccc(C)cc3)C(=O)C(=O)N2CCOC)c2ccccc21. The van der Waals surface area contributed by atoms with Crippen molar-refractivity contribution in [3.05, 3.63) is 83.4 Å². The van der Waals surface area contributed by atoms with Crippen LogP contribution in [0.3, 0.4) is 0 Å². The van der Waals surface area contributed by atoms with Crippen LogP contribution in [0.4, 0.5) is 5.69 Å². The summed E-state index contributed by atoms with van der Waals surface area (Å²) in [6, 6.07) is 13.9. The first-order chi connectivity index (χ1) is 15.4. The van der Waals surface area contributed by atoms with Gasteiger partial charge in [-0.15, -0.1) is 6.58 Å². The molecule has 1 spiro atoms. The summed E-state index contributed by atoms with van der Waals surface area (Å²) >= 11 is 0. The topological polar surface area (TPSA) is 87.2 Å². The molecule has 1 fully saturated rings. The number of fused-ring (bicyclic) bond motifs is 2. The number of aliphatic hydroxyl groups excluding tert-OH is 1. The molecular formula is C25H24N2O5. The number of aryl methyl sites for hydroxylation is 1. The molecule has 7 nitrogen and oxygen atoms in total. The number of likely N-dealkylation sites (tertiary alicyclic amines) is 1. The highest BCUT2D eigenvalue weighted by atomic mass is 16.5. The number of methoxy groups -OCH3 is 1. The third-order valence-corrected chi connectivity index (χ3v) is 5.96. The molecule has 2 aliphatic heterocycles. The average molecular weight is 432 g/mol. The van der Waals surface area contributed by atoms with E-state index in [9.17, 15) is 19.5 Å². The van der Waals surface area contributed by atoms with Gasteiger partial charge in [-0.1, -0.05) is 54.1 Å². The molecule has 2 aromatic rings. The Balaban J connectivity index is 2.06. The van der Waals surface area contributed by atoms with Crippen molar-refractivity contribution >= 4 is 29.0 Å². The van der Waals surface area contributed by atoms with Gasteiger partial charge in [-0.05, 0) is 13.0 Å². The van der Waals surface area contributed by atoms with Crippen LogP contribution in [-0.4, -0.2) is 54.4 Å². The minimum Gasteiger partial charge on any atom is -0.507 e. The van der Waals surface area contributed by atoms with E-state index >= 15 is 0 Å². The number of Topliss-reactive ketones (excluding diaryl/α,β-unsaturated/α-hetero) is 1. The van der Waals surface area contributed by atoms with E-state index in [0.29, 0.717) is 16.8 Å². The van der Waals surface area contributed by atoms with E-state index in [0.717, 1.165) is 5.56 Å². The zero-order valence-electron chi connectivity index (χ0n) is 18.0. The second-order valence-electron chi connectivity index (χ2n) is 7.80. The second kappa shape index (κ2) is 8.09. The van der Waals surface area contributed by atoms with Crippen LogP contribution in [0.1, 0.15) is 16.7 Å². The van der Waals surface area contributed by atoms with Gasteiger partial charge in [0.2, 0.25) is 0 Å². The van der Waals surface area contributed by atoms with Crippen LogP contribution in [0.5, 0.6) is 0 Å². The van der Waals surface area contributed by atoms with Gasteiger partial charge in [-0.2, -0.15) is 0 Å². The molecule has 2 aromatic carbocycles. The lowest BCUT2D eigenvalue weighted by Gasteiger charge is -2.34. The molecule has 2 amide bonds. The van der Waals surface area contributed by atoms with Gasteiger partial charge in [-0.25, -0.2) is 0 Å². The first-order valence-electron chi connectivity index (χ1n) is 10.3. The van der Waals surface area contributed by atoms with E-state index in [1.165, 1.54) is 16.9 Å². The first kappa shape index (κ1) is 21.5. The number of para-hydroxylation sites is 1. The lowest BCUT2D eigenvalue weighted by atomic mass is 9.82. The summed E-state index contributed by atoms with van der Waals surface area (Å²) in [6.07, 6.45) is 1.58. The molecule has 0 aromatic heterocycles. The molecule has 32 heavy (non-hydrogen) atoms. The molecule has 4 rings (SSSR count). The lowest BCUT2D eigenvalue weighted by Crippen LogP contribution is -2.52. The number of ketones is 1. The highest BCUT2D eigenvalue weighted by molar-refractivity contribution is 6.50. The molecule has 1 atom stereocenters. The predicted molar refractivity (Wildman–Crippen MR) is 120 cm³/mol. The van der Waals surface area contributed by atoms with E-state index in [1.807, 2.05) is 6.92 Å². The number of carbonyl (C=O) groups is 3. The molecule has 2 aliphatic rings. The molecule has 2 heterocycles. The molecule has 0 saturated carbocycles. The Morgan fingerprint density at radius 2 is 1.81 bits per heavy atom. The smallest absolute Gasteiger partial charge is 0.296 e. The number of hydrogen-bond acceptors (Lipinski definition) is 5. The van der Waals surface area contributed by atoms with Gasteiger partial charge in [-0.3, -0.25) is 14.4 Å². The Labute approximate surface area is 186 Å². The Kier molecular flexibility index (Phi) is 5.44. The van der Waals surface area contributed by atoms with Gasteiger partial charge in [0.15, 0.2) is 5.54 Å². The second-order valence-corrected chi connectivity index (χ2v) is 7.80. The third-order valence-electron chi connectivity index (χ3n) is 5.96. The van der Waals surface area contributed by atoms with Crippen LogP contribution < -0.4 is 4.90 Å². The highest BCUT2D eigenvalue weighted by Crippen LogP contribution is 2.53. The van der Waals surface area contributed by atoms with Crippen molar-refractivity contribution in [1.29, 1.82) is 0 Å². The van der Waals surface area contributed by atoms with E-state index in [4.69, 9.17) is 4.74 Å². The van der Waals surface area contributed by atoms with E-state index in [1.54, 1.807) is 54.6 Å². The number of hydrogen-bond donors (Lipinski definition) is 1. The summed E-state index contributed by atoms with van der Waals surface area (Å²) in [7, 11) is 1.48. The van der Waals surface area contributed by atoms with Crippen LogP contribution in [0.25, 0.3) is 5.76 Å². The molecule has 0 bridgehead atoms. The van der Waals surface area contributed by atoms with Crippen molar-refractivity contribution in [2.75, 3.05) is 31.7 Å². The third kappa shape index (κ3) is 2.89. The number of ether oxygens (including phenoxy) is 1. The van der Waals surface area contributed by atoms with Crippen LogP contribution in [-0.2, 0) is 24.7 Å². The van der Waals surface area contributed by atoms with Crippen LogP contribution in [0, 0.1) is 6.92 Å². The van der Waals surface area contributed by atoms with E-state index < -0.39 is 23.1 Å². The Morgan fingerprint density at radius 3 is 2.47 bits per heavy atom. The zero-order chi connectivity index (χ0) is 23.0. The minimum absolute atomic E-state index is 0.00769. The molecule has 1 N–H and O–H groups in total. The predicted octanol–water partition coefficient (Wildman–Crippen LogP) is 2.75. The average Bonchev–Trinajstić information content (AvgIpc) is 3.17. The summed E-state index contributed by atoms with van der Waals surface area (Å²) in [6.45, 7) is 5.95. The van der Waals surface area contributed by atoms with Crippen molar-refractivity contribution in [2.45, 2.75) is 12.5 Å². The van der Waals surface area contributed by atoms with Crippen molar-refractivity contribution in [3.63, 3.8) is 0 Å². The van der Waals surface area contributed by atoms with Gasteiger partial charge >= 0.3 is 0 Å². The van der Waals surface area contributed by atoms with Gasteiger partial charge in [0, 0.05) is 31.3 Å². The number of carbonyl (C=O) groups excluding carboxylic acids is 3. The Bertz CT molecular complexity index is 1150. The van der Waals surface area contributed by atoms with E-state index in [2.05, 4.69) is 6.58 Å². The maximum atomic E-state index is 14.0. The van der Waals surface area contributed by atoms with Crippen molar-refractivity contribution in [2.24, 2.45) is 0 Å². The lowest BCUT2D eigenvalue weighted by molar-refractivity contribution is -0.144. The van der Waals surface area contributed by atoms with Crippen LogP contribution in [0.2, 0.25) is 0 Å². The van der Waals surface area contributed by atoms with E-state index in [-0.39, 0.29) is 31.0 Å².